The molecule has 1 amide bonds. The minimum absolute atomic E-state index is 0.0493. The van der Waals surface area contributed by atoms with Gasteiger partial charge in [0.05, 0.1) is 17.3 Å². The highest BCUT2D eigenvalue weighted by Gasteiger charge is 2.25. The Labute approximate surface area is 159 Å². The Bertz CT molecular complexity index is 924. The number of nitrogens with zero attached hydrogens (tertiary/aromatic N) is 3. The number of likely N-dealkylation sites (tertiary alicyclic amines) is 1. The first-order valence-corrected chi connectivity index (χ1v) is 10.4. The van der Waals surface area contributed by atoms with Gasteiger partial charge in [-0.1, -0.05) is 12.1 Å². The molecule has 1 aliphatic rings. The minimum Gasteiger partial charge on any atom is -0.342 e. The molecule has 1 fully saturated rings. The summed E-state index contributed by atoms with van der Waals surface area (Å²) in [5, 5.41) is 8.58. The van der Waals surface area contributed by atoms with E-state index in [1.165, 1.54) is 0 Å². The van der Waals surface area contributed by atoms with E-state index in [1.54, 1.807) is 39.5 Å². The largest absolute Gasteiger partial charge is 0.342 e. The van der Waals surface area contributed by atoms with E-state index in [4.69, 9.17) is 0 Å². The lowest BCUT2D eigenvalue weighted by Crippen LogP contribution is -2.41. The van der Waals surface area contributed by atoms with Crippen LogP contribution in [0.4, 0.5) is 0 Å². The molecule has 4 rings (SSSR count). The zero-order valence-electron chi connectivity index (χ0n) is 14.2. The molecule has 0 unspecified atom stereocenters. The highest BCUT2D eigenvalue weighted by Crippen LogP contribution is 2.25. The molecule has 1 aliphatic heterocycles. The first kappa shape index (κ1) is 17.2. The van der Waals surface area contributed by atoms with Crippen molar-refractivity contribution in [3.63, 3.8) is 0 Å². The van der Waals surface area contributed by atoms with Gasteiger partial charge in [-0.25, -0.2) is 4.68 Å². The lowest BCUT2D eigenvalue weighted by atomic mass is 10.0. The number of carbonyl (C=O) groups is 1. The van der Waals surface area contributed by atoms with Crippen molar-refractivity contribution in [1.29, 1.82) is 0 Å². The first-order valence-electron chi connectivity index (χ1n) is 8.64. The summed E-state index contributed by atoms with van der Waals surface area (Å²) in [7, 11) is 0. The van der Waals surface area contributed by atoms with Crippen molar-refractivity contribution in [3.8, 4) is 10.6 Å². The number of carbonyl (C=O) groups excluding carboxylic acids is 1. The van der Waals surface area contributed by atoms with Gasteiger partial charge in [-0.05, 0) is 41.8 Å². The topological polar surface area (TPSA) is 55.2 Å². The van der Waals surface area contributed by atoms with Gasteiger partial charge in [0.2, 0.25) is 5.91 Å². The summed E-state index contributed by atoms with van der Waals surface area (Å²) >= 11 is 3.23. The Morgan fingerprint density at radius 1 is 1.08 bits per heavy atom. The second-order valence-corrected chi connectivity index (χ2v) is 8.33. The highest BCUT2D eigenvalue weighted by atomic mass is 32.1. The second-order valence-electron chi connectivity index (χ2n) is 6.35. The van der Waals surface area contributed by atoms with Crippen molar-refractivity contribution < 1.29 is 4.79 Å². The molecule has 3 aromatic rings. The standard InChI is InChI=1S/C19H19N3O2S2/c23-18-6-5-16(17-4-2-12-26-17)20-22(18)14-7-9-21(10-8-14)19(24)13-15-3-1-11-25-15/h1-6,11-12,14H,7-10,13H2. The Morgan fingerprint density at radius 3 is 2.54 bits per heavy atom. The van der Waals surface area contributed by atoms with Gasteiger partial charge in [0.15, 0.2) is 0 Å². The summed E-state index contributed by atoms with van der Waals surface area (Å²) in [4.78, 5) is 28.8. The molecular formula is C19H19N3O2S2. The normalized spacial score (nSPS) is 15.3. The molecule has 7 heteroatoms. The van der Waals surface area contributed by atoms with Crippen LogP contribution in [-0.2, 0) is 11.2 Å². The van der Waals surface area contributed by atoms with E-state index < -0.39 is 0 Å². The van der Waals surface area contributed by atoms with Crippen LogP contribution in [0.1, 0.15) is 23.8 Å². The number of hydrogen-bond donors (Lipinski definition) is 0. The average molecular weight is 386 g/mol. The Hall–Kier alpha value is -2.25. The molecule has 0 N–H and O–H groups in total. The Balaban J connectivity index is 1.44. The predicted octanol–water partition coefficient (Wildman–Crippen LogP) is 3.44. The maximum atomic E-state index is 12.4. The summed E-state index contributed by atoms with van der Waals surface area (Å²) in [5.74, 6) is 0.165. The van der Waals surface area contributed by atoms with Gasteiger partial charge in [-0.15, -0.1) is 22.7 Å². The van der Waals surface area contributed by atoms with Crippen molar-refractivity contribution in [3.05, 3.63) is 62.4 Å². The zero-order valence-corrected chi connectivity index (χ0v) is 15.8. The minimum atomic E-state index is -0.0753. The van der Waals surface area contributed by atoms with Gasteiger partial charge in [-0.3, -0.25) is 9.59 Å². The quantitative estimate of drug-likeness (QED) is 0.691. The van der Waals surface area contributed by atoms with E-state index in [2.05, 4.69) is 5.10 Å². The van der Waals surface area contributed by atoms with Crippen LogP contribution in [0.15, 0.2) is 52.0 Å². The molecule has 26 heavy (non-hydrogen) atoms. The van der Waals surface area contributed by atoms with Crippen LogP contribution >= 0.6 is 22.7 Å². The summed E-state index contributed by atoms with van der Waals surface area (Å²) in [6, 6.07) is 11.4. The van der Waals surface area contributed by atoms with Gasteiger partial charge in [0.1, 0.15) is 5.69 Å². The van der Waals surface area contributed by atoms with E-state index in [1.807, 2.05) is 39.9 Å². The average Bonchev–Trinajstić information content (AvgIpc) is 3.36. The van der Waals surface area contributed by atoms with Crippen molar-refractivity contribution in [2.75, 3.05) is 13.1 Å². The van der Waals surface area contributed by atoms with E-state index >= 15 is 0 Å². The fourth-order valence-electron chi connectivity index (χ4n) is 3.28. The molecule has 4 heterocycles. The molecule has 0 aromatic carbocycles. The van der Waals surface area contributed by atoms with Crippen LogP contribution in [0.2, 0.25) is 0 Å². The van der Waals surface area contributed by atoms with Crippen molar-refractivity contribution in [2.45, 2.75) is 25.3 Å². The molecule has 0 atom stereocenters. The second kappa shape index (κ2) is 7.55. The summed E-state index contributed by atoms with van der Waals surface area (Å²) in [6.45, 7) is 1.35. The number of amides is 1. The number of rotatable bonds is 4. The van der Waals surface area contributed by atoms with Gasteiger partial charge in [-0.2, -0.15) is 5.10 Å². The smallest absolute Gasteiger partial charge is 0.267 e. The molecule has 0 bridgehead atoms. The van der Waals surface area contributed by atoms with Crippen molar-refractivity contribution in [2.24, 2.45) is 0 Å². The van der Waals surface area contributed by atoms with Crippen LogP contribution in [0.25, 0.3) is 10.6 Å². The molecule has 0 aliphatic carbocycles. The Morgan fingerprint density at radius 2 is 1.85 bits per heavy atom. The SMILES string of the molecule is O=C(Cc1cccs1)N1CCC(n2nc(-c3cccs3)ccc2=O)CC1. The molecule has 5 nitrogen and oxygen atoms in total. The highest BCUT2D eigenvalue weighted by molar-refractivity contribution is 7.13. The fraction of sp³-hybridized carbons (Fsp3) is 0.316. The zero-order chi connectivity index (χ0) is 17.9. The maximum Gasteiger partial charge on any atom is 0.267 e. The number of thiophene rings is 2. The van der Waals surface area contributed by atoms with Crippen LogP contribution < -0.4 is 5.56 Å². The van der Waals surface area contributed by atoms with Crippen molar-refractivity contribution >= 4 is 28.6 Å². The molecule has 3 aromatic heterocycles. The lowest BCUT2D eigenvalue weighted by Gasteiger charge is -2.32. The van der Waals surface area contributed by atoms with E-state index in [0.717, 1.165) is 28.3 Å². The molecule has 0 spiro atoms. The summed E-state index contributed by atoms with van der Waals surface area (Å²) < 4.78 is 1.61. The van der Waals surface area contributed by atoms with Gasteiger partial charge in [0.25, 0.3) is 5.56 Å². The monoisotopic (exact) mass is 385 g/mol. The van der Waals surface area contributed by atoms with Crippen LogP contribution in [-0.4, -0.2) is 33.7 Å². The fourth-order valence-corrected chi connectivity index (χ4v) is 4.66. The predicted molar refractivity (Wildman–Crippen MR) is 105 cm³/mol. The van der Waals surface area contributed by atoms with Crippen LogP contribution in [0, 0.1) is 0 Å². The molecule has 1 saturated heterocycles. The third-order valence-corrected chi connectivity index (χ3v) is 6.44. The van der Waals surface area contributed by atoms with Gasteiger partial charge in [0, 0.05) is 24.0 Å². The van der Waals surface area contributed by atoms with E-state index in [0.29, 0.717) is 19.5 Å². The lowest BCUT2D eigenvalue weighted by molar-refractivity contribution is -0.131. The van der Waals surface area contributed by atoms with Crippen LogP contribution in [0.5, 0.6) is 0 Å². The number of piperidine rings is 1. The number of hydrogen-bond acceptors (Lipinski definition) is 5. The van der Waals surface area contributed by atoms with Crippen LogP contribution in [0.3, 0.4) is 0 Å². The molecule has 134 valence electrons. The third kappa shape index (κ3) is 3.64. The summed E-state index contributed by atoms with van der Waals surface area (Å²) in [6.07, 6.45) is 1.99. The molecule has 0 radical (unpaired) electrons. The van der Waals surface area contributed by atoms with Gasteiger partial charge >= 0.3 is 0 Å². The summed E-state index contributed by atoms with van der Waals surface area (Å²) in [5.41, 5.74) is 0.754. The first-order chi connectivity index (χ1) is 12.7. The van der Waals surface area contributed by atoms with Crippen molar-refractivity contribution in [1.82, 2.24) is 14.7 Å². The van der Waals surface area contributed by atoms with E-state index in [-0.39, 0.29) is 17.5 Å². The maximum absolute atomic E-state index is 12.4. The molecular weight excluding hydrogens is 366 g/mol. The van der Waals surface area contributed by atoms with Gasteiger partial charge < -0.3 is 4.90 Å². The third-order valence-electron chi connectivity index (χ3n) is 4.67. The number of aromatic nitrogens is 2. The Kier molecular flexibility index (Phi) is 4.99. The van der Waals surface area contributed by atoms with E-state index in [9.17, 15) is 9.59 Å². The molecule has 0 saturated carbocycles.